The Labute approximate surface area is 193 Å². The fourth-order valence-corrected chi connectivity index (χ4v) is 5.36. The van der Waals surface area contributed by atoms with Crippen molar-refractivity contribution < 1.29 is 9.90 Å². The number of piperidine rings is 2. The van der Waals surface area contributed by atoms with Gasteiger partial charge in [0, 0.05) is 48.0 Å². The van der Waals surface area contributed by atoms with E-state index in [1.807, 2.05) is 47.5 Å². The zero-order valence-electron chi connectivity index (χ0n) is 18.1. The molecule has 1 aromatic heterocycles. The molecule has 0 radical (unpaired) electrons. The van der Waals surface area contributed by atoms with Crippen molar-refractivity contribution in [1.29, 1.82) is 0 Å². The molecule has 2 aliphatic heterocycles. The smallest absolute Gasteiger partial charge is 0.253 e. The lowest BCUT2D eigenvalue weighted by Gasteiger charge is -2.41. The van der Waals surface area contributed by atoms with Crippen LogP contribution in [0.2, 0.25) is 5.02 Å². The fraction of sp³-hybridized carbons (Fsp3) is 0.400. The summed E-state index contributed by atoms with van der Waals surface area (Å²) in [4.78, 5) is 17.7. The first kappa shape index (κ1) is 21.3. The number of hydrogen-bond donors (Lipinski definition) is 2. The Morgan fingerprint density at radius 3 is 2.44 bits per heavy atom. The molecule has 0 atom stereocenters. The third-order valence-corrected chi connectivity index (χ3v) is 7.29. The summed E-state index contributed by atoms with van der Waals surface area (Å²) in [5.41, 5.74) is 7.41. The Bertz CT molecular complexity index is 1130. The maximum Gasteiger partial charge on any atom is 0.253 e. The summed E-state index contributed by atoms with van der Waals surface area (Å²) in [7, 11) is 0. The zero-order chi connectivity index (χ0) is 22.2. The van der Waals surface area contributed by atoms with Crippen LogP contribution in [0.25, 0.3) is 16.5 Å². The van der Waals surface area contributed by atoms with Gasteiger partial charge in [-0.15, -0.1) is 0 Å². The van der Waals surface area contributed by atoms with E-state index in [2.05, 4.69) is 4.90 Å². The van der Waals surface area contributed by atoms with Crippen molar-refractivity contribution in [2.45, 2.75) is 37.8 Å². The topological polar surface area (TPSA) is 74.7 Å². The van der Waals surface area contributed by atoms with Crippen molar-refractivity contribution in [3.8, 4) is 11.6 Å². The lowest BCUT2D eigenvalue weighted by atomic mass is 9.98. The van der Waals surface area contributed by atoms with E-state index in [4.69, 9.17) is 17.3 Å². The number of carbonyl (C=O) groups is 1. The molecule has 0 saturated carbocycles. The van der Waals surface area contributed by atoms with Gasteiger partial charge in [-0.05, 0) is 63.0 Å². The van der Waals surface area contributed by atoms with Gasteiger partial charge < -0.3 is 20.6 Å². The second kappa shape index (κ2) is 8.77. The van der Waals surface area contributed by atoms with Crippen LogP contribution in [0.1, 0.15) is 36.0 Å². The lowest BCUT2D eigenvalue weighted by Crippen LogP contribution is -2.50. The molecular formula is C25H29ClN4O2. The first-order valence-corrected chi connectivity index (χ1v) is 11.8. The average Bonchev–Trinajstić information content (AvgIpc) is 3.17. The molecule has 0 spiro atoms. The monoisotopic (exact) mass is 452 g/mol. The largest absolute Gasteiger partial charge is 0.494 e. The molecule has 168 valence electrons. The number of carbonyl (C=O) groups excluding carboxylic acids is 1. The highest BCUT2D eigenvalue weighted by Crippen LogP contribution is 2.35. The highest BCUT2D eigenvalue weighted by atomic mass is 35.5. The van der Waals surface area contributed by atoms with Crippen molar-refractivity contribution in [2.24, 2.45) is 5.73 Å². The molecule has 0 aliphatic carbocycles. The number of hydrogen-bond acceptors (Lipinski definition) is 4. The number of amides is 1. The highest BCUT2D eigenvalue weighted by Gasteiger charge is 2.29. The van der Waals surface area contributed by atoms with Crippen molar-refractivity contribution in [2.75, 3.05) is 26.2 Å². The van der Waals surface area contributed by atoms with Crippen LogP contribution < -0.4 is 5.73 Å². The predicted molar refractivity (Wildman–Crippen MR) is 128 cm³/mol. The molecule has 2 saturated heterocycles. The SMILES string of the molecule is NC1CCN(C2CCN(C(=O)c3cccc(-n4cc5cccc(Cl)c5c4O)c3)CC2)CC1. The molecule has 3 aromatic rings. The van der Waals surface area contributed by atoms with Gasteiger partial charge in [-0.25, -0.2) is 0 Å². The summed E-state index contributed by atoms with van der Waals surface area (Å²) in [6.45, 7) is 3.68. The third-order valence-electron chi connectivity index (χ3n) is 6.98. The summed E-state index contributed by atoms with van der Waals surface area (Å²) >= 11 is 6.28. The average molecular weight is 453 g/mol. The van der Waals surface area contributed by atoms with E-state index in [1.165, 1.54) is 0 Å². The fourth-order valence-electron chi connectivity index (χ4n) is 5.09. The summed E-state index contributed by atoms with van der Waals surface area (Å²) in [5.74, 6) is 0.123. The van der Waals surface area contributed by atoms with Crippen LogP contribution in [0, 0.1) is 0 Å². The molecule has 2 aliphatic rings. The van der Waals surface area contributed by atoms with Gasteiger partial charge in [-0.1, -0.05) is 29.8 Å². The van der Waals surface area contributed by atoms with Gasteiger partial charge in [0.25, 0.3) is 5.91 Å². The third kappa shape index (κ3) is 3.98. The van der Waals surface area contributed by atoms with Crippen molar-refractivity contribution >= 4 is 28.3 Å². The molecule has 0 bridgehead atoms. The van der Waals surface area contributed by atoms with Crippen LogP contribution in [0.3, 0.4) is 0 Å². The van der Waals surface area contributed by atoms with E-state index >= 15 is 0 Å². The van der Waals surface area contributed by atoms with Crippen LogP contribution in [-0.4, -0.2) is 63.6 Å². The summed E-state index contributed by atoms with van der Waals surface area (Å²) < 4.78 is 1.68. The zero-order valence-corrected chi connectivity index (χ0v) is 18.8. The second-order valence-corrected chi connectivity index (χ2v) is 9.38. The van der Waals surface area contributed by atoms with E-state index in [1.54, 1.807) is 10.6 Å². The number of rotatable bonds is 3. The molecule has 1 amide bonds. The number of benzene rings is 2. The minimum Gasteiger partial charge on any atom is -0.494 e. The first-order valence-electron chi connectivity index (χ1n) is 11.4. The molecule has 32 heavy (non-hydrogen) atoms. The van der Waals surface area contributed by atoms with Gasteiger partial charge in [-0.3, -0.25) is 9.36 Å². The Balaban J connectivity index is 1.31. The second-order valence-electron chi connectivity index (χ2n) is 8.97. The molecule has 3 N–H and O–H groups in total. The van der Waals surface area contributed by atoms with Crippen LogP contribution >= 0.6 is 11.6 Å². The minimum absolute atomic E-state index is 0.0419. The van der Waals surface area contributed by atoms with Crippen molar-refractivity contribution in [3.63, 3.8) is 0 Å². The number of nitrogens with zero attached hydrogens (tertiary/aromatic N) is 3. The number of aromatic nitrogens is 1. The maximum absolute atomic E-state index is 13.2. The molecule has 5 rings (SSSR count). The standard InChI is InChI=1S/C25H29ClN4O2/c26-22-6-2-4-18-16-30(25(32)23(18)22)21-5-1-3-17(15-21)24(31)29-13-9-20(10-14-29)28-11-7-19(27)8-12-28/h1-6,15-16,19-20,32H,7-14,27H2. The molecule has 7 heteroatoms. The maximum atomic E-state index is 13.2. The molecular weight excluding hydrogens is 424 g/mol. The Morgan fingerprint density at radius 2 is 1.72 bits per heavy atom. The van der Waals surface area contributed by atoms with Crippen LogP contribution in [0.4, 0.5) is 0 Å². The number of fused-ring (bicyclic) bond motifs is 1. The van der Waals surface area contributed by atoms with E-state index in [0.29, 0.717) is 28.1 Å². The Kier molecular flexibility index (Phi) is 5.84. The molecule has 6 nitrogen and oxygen atoms in total. The Morgan fingerprint density at radius 1 is 1.00 bits per heavy atom. The molecule has 0 unspecified atom stereocenters. The molecule has 2 fully saturated rings. The summed E-state index contributed by atoms with van der Waals surface area (Å²) in [6, 6.07) is 13.8. The van der Waals surface area contributed by atoms with Gasteiger partial charge in [0.05, 0.1) is 10.4 Å². The van der Waals surface area contributed by atoms with Crippen molar-refractivity contribution in [1.82, 2.24) is 14.4 Å². The first-order chi connectivity index (χ1) is 15.5. The number of halogens is 1. The van der Waals surface area contributed by atoms with Gasteiger partial charge in [0.15, 0.2) is 0 Å². The van der Waals surface area contributed by atoms with E-state index in [9.17, 15) is 9.90 Å². The number of aromatic hydroxyl groups is 1. The molecule has 3 heterocycles. The number of likely N-dealkylation sites (tertiary alicyclic amines) is 2. The predicted octanol–water partition coefficient (Wildman–Crippen LogP) is 4.02. The number of nitrogens with two attached hydrogens (primary N) is 1. The van der Waals surface area contributed by atoms with Crippen LogP contribution in [-0.2, 0) is 0 Å². The summed E-state index contributed by atoms with van der Waals surface area (Å²) in [5, 5.41) is 12.7. The van der Waals surface area contributed by atoms with E-state index in [0.717, 1.165) is 62.9 Å². The van der Waals surface area contributed by atoms with Gasteiger partial charge in [0.2, 0.25) is 5.88 Å². The van der Waals surface area contributed by atoms with Crippen LogP contribution in [0.15, 0.2) is 48.7 Å². The van der Waals surface area contributed by atoms with Gasteiger partial charge >= 0.3 is 0 Å². The van der Waals surface area contributed by atoms with Crippen molar-refractivity contribution in [3.05, 3.63) is 59.2 Å². The van der Waals surface area contributed by atoms with E-state index in [-0.39, 0.29) is 11.8 Å². The van der Waals surface area contributed by atoms with Gasteiger partial charge in [-0.2, -0.15) is 0 Å². The van der Waals surface area contributed by atoms with Crippen LogP contribution in [0.5, 0.6) is 5.88 Å². The molecule has 2 aromatic carbocycles. The summed E-state index contributed by atoms with van der Waals surface area (Å²) in [6.07, 6.45) is 5.98. The quantitative estimate of drug-likeness (QED) is 0.629. The highest BCUT2D eigenvalue weighted by molar-refractivity contribution is 6.36. The lowest BCUT2D eigenvalue weighted by molar-refractivity contribution is 0.0580. The minimum atomic E-state index is 0.0419. The Hall–Kier alpha value is -2.54. The van der Waals surface area contributed by atoms with E-state index < -0.39 is 0 Å². The van der Waals surface area contributed by atoms with Gasteiger partial charge in [0.1, 0.15) is 0 Å². The normalized spacial score (nSPS) is 19.0.